The van der Waals surface area contributed by atoms with E-state index in [2.05, 4.69) is 16.5 Å². The molecule has 0 radical (unpaired) electrons. The molecule has 0 saturated heterocycles. The summed E-state index contributed by atoms with van der Waals surface area (Å²) in [5, 5.41) is 9.28. The number of benzene rings is 1. The van der Waals surface area contributed by atoms with Crippen molar-refractivity contribution in [2.24, 2.45) is 5.92 Å². The van der Waals surface area contributed by atoms with Gasteiger partial charge >= 0.3 is 5.97 Å². The van der Waals surface area contributed by atoms with Crippen molar-refractivity contribution >= 4 is 17.0 Å². The van der Waals surface area contributed by atoms with Gasteiger partial charge in [-0.2, -0.15) is 0 Å². The highest BCUT2D eigenvalue weighted by molar-refractivity contribution is 6.01. The molecule has 4 nitrogen and oxygen atoms in total. The van der Waals surface area contributed by atoms with E-state index in [1.54, 1.807) is 6.07 Å². The topological polar surface area (TPSA) is 55.1 Å². The van der Waals surface area contributed by atoms with Crippen LogP contribution >= 0.6 is 0 Å². The number of carbonyl (C=O) groups is 1. The van der Waals surface area contributed by atoms with Gasteiger partial charge in [-0.15, -0.1) is 0 Å². The maximum Gasteiger partial charge on any atom is 0.337 e. The fraction of sp³-hybridized carbons (Fsp3) is 0.500. The number of imidazole rings is 1. The van der Waals surface area contributed by atoms with Crippen LogP contribution in [-0.2, 0) is 0 Å². The van der Waals surface area contributed by atoms with Crippen LogP contribution in [0.4, 0.5) is 0 Å². The predicted molar refractivity (Wildman–Crippen MR) is 78.1 cm³/mol. The molecule has 1 N–H and O–H groups in total. The number of para-hydroxylation sites is 1. The van der Waals surface area contributed by atoms with Crippen molar-refractivity contribution < 1.29 is 9.90 Å². The number of rotatable bonds is 5. The van der Waals surface area contributed by atoms with Crippen LogP contribution in [0.15, 0.2) is 18.2 Å². The van der Waals surface area contributed by atoms with Gasteiger partial charge in [-0.25, -0.2) is 9.78 Å². The fourth-order valence-electron chi connectivity index (χ4n) is 3.06. The molecule has 1 heterocycles. The number of hydrogen-bond acceptors (Lipinski definition) is 2. The normalized spacial score (nSPS) is 16.5. The molecule has 1 fully saturated rings. The monoisotopic (exact) mass is 272 g/mol. The maximum absolute atomic E-state index is 11.3. The SMILES string of the molecule is CCC(CC1CC1)n1c(C)nc2c(C(=O)O)cccc21. The molecule has 1 aliphatic rings. The zero-order valence-electron chi connectivity index (χ0n) is 12.0. The minimum absolute atomic E-state index is 0.297. The smallest absolute Gasteiger partial charge is 0.337 e. The van der Waals surface area contributed by atoms with Crippen LogP contribution in [0.3, 0.4) is 0 Å². The average molecular weight is 272 g/mol. The molecule has 1 aromatic carbocycles. The Balaban J connectivity index is 2.12. The van der Waals surface area contributed by atoms with E-state index < -0.39 is 5.97 Å². The summed E-state index contributed by atoms with van der Waals surface area (Å²) < 4.78 is 2.24. The van der Waals surface area contributed by atoms with Crippen molar-refractivity contribution in [3.8, 4) is 0 Å². The molecule has 106 valence electrons. The van der Waals surface area contributed by atoms with E-state index >= 15 is 0 Å². The van der Waals surface area contributed by atoms with Crippen LogP contribution in [0.1, 0.15) is 54.8 Å². The highest BCUT2D eigenvalue weighted by atomic mass is 16.4. The maximum atomic E-state index is 11.3. The van der Waals surface area contributed by atoms with E-state index in [1.807, 2.05) is 19.1 Å². The van der Waals surface area contributed by atoms with Gasteiger partial charge in [0.15, 0.2) is 0 Å². The standard InChI is InChI=1S/C16H20N2O2/c1-3-12(9-11-7-8-11)18-10(2)17-15-13(16(19)20)5-4-6-14(15)18/h4-6,11-12H,3,7-9H2,1-2H3,(H,19,20). The number of fused-ring (bicyclic) bond motifs is 1. The molecule has 4 heteroatoms. The summed E-state index contributed by atoms with van der Waals surface area (Å²) in [4.78, 5) is 15.8. The Labute approximate surface area is 118 Å². The summed E-state index contributed by atoms with van der Waals surface area (Å²) in [5.74, 6) is 0.858. The van der Waals surface area contributed by atoms with Gasteiger partial charge in [-0.3, -0.25) is 0 Å². The molecule has 1 unspecified atom stereocenters. The van der Waals surface area contributed by atoms with Crippen LogP contribution in [-0.4, -0.2) is 20.6 Å². The Hall–Kier alpha value is -1.84. The molecule has 2 aromatic rings. The summed E-state index contributed by atoms with van der Waals surface area (Å²) in [6.07, 6.45) is 4.91. The molecule has 3 rings (SSSR count). The molecule has 0 bridgehead atoms. The zero-order chi connectivity index (χ0) is 14.3. The van der Waals surface area contributed by atoms with Gasteiger partial charge < -0.3 is 9.67 Å². The third-order valence-electron chi connectivity index (χ3n) is 4.27. The van der Waals surface area contributed by atoms with Crippen molar-refractivity contribution in [2.45, 2.75) is 45.6 Å². The molecule has 0 spiro atoms. The zero-order valence-corrected chi connectivity index (χ0v) is 12.0. The molecule has 0 aliphatic heterocycles. The van der Waals surface area contributed by atoms with Gasteiger partial charge in [0.25, 0.3) is 0 Å². The van der Waals surface area contributed by atoms with Crippen molar-refractivity contribution in [3.63, 3.8) is 0 Å². The molecular weight excluding hydrogens is 252 g/mol. The number of aromatic carboxylic acids is 1. The second-order valence-corrected chi connectivity index (χ2v) is 5.75. The molecule has 20 heavy (non-hydrogen) atoms. The molecule has 1 atom stereocenters. The largest absolute Gasteiger partial charge is 0.478 e. The van der Waals surface area contributed by atoms with E-state index in [4.69, 9.17) is 0 Å². The highest BCUT2D eigenvalue weighted by Crippen LogP contribution is 2.39. The highest BCUT2D eigenvalue weighted by Gasteiger charge is 2.27. The number of carboxylic acids is 1. The minimum Gasteiger partial charge on any atom is -0.478 e. The van der Waals surface area contributed by atoms with Crippen LogP contribution < -0.4 is 0 Å². The van der Waals surface area contributed by atoms with E-state index in [0.29, 0.717) is 17.1 Å². The second-order valence-electron chi connectivity index (χ2n) is 5.75. The van der Waals surface area contributed by atoms with Crippen molar-refractivity contribution in [3.05, 3.63) is 29.6 Å². The van der Waals surface area contributed by atoms with E-state index in [-0.39, 0.29) is 0 Å². The molecule has 1 saturated carbocycles. The first-order chi connectivity index (χ1) is 9.61. The van der Waals surface area contributed by atoms with Gasteiger partial charge in [0.2, 0.25) is 0 Å². The first-order valence-electron chi connectivity index (χ1n) is 7.32. The molecule has 1 aliphatic carbocycles. The average Bonchev–Trinajstić information content (AvgIpc) is 3.17. The van der Waals surface area contributed by atoms with Gasteiger partial charge in [0.05, 0.1) is 11.1 Å². The third-order valence-corrected chi connectivity index (χ3v) is 4.27. The summed E-state index contributed by atoms with van der Waals surface area (Å²) >= 11 is 0. The van der Waals surface area contributed by atoms with E-state index in [0.717, 1.165) is 23.7 Å². The fourth-order valence-corrected chi connectivity index (χ4v) is 3.06. The van der Waals surface area contributed by atoms with Gasteiger partial charge in [-0.05, 0) is 37.8 Å². The first-order valence-corrected chi connectivity index (χ1v) is 7.32. The Kier molecular flexibility index (Phi) is 3.24. The number of aryl methyl sites for hydroxylation is 1. The van der Waals surface area contributed by atoms with Crippen LogP contribution in [0.5, 0.6) is 0 Å². The molecule has 0 amide bonds. The lowest BCUT2D eigenvalue weighted by Gasteiger charge is -2.19. The van der Waals surface area contributed by atoms with Gasteiger partial charge in [-0.1, -0.05) is 25.8 Å². The predicted octanol–water partition coefficient (Wildman–Crippen LogP) is 3.79. The van der Waals surface area contributed by atoms with Crippen molar-refractivity contribution in [1.82, 2.24) is 9.55 Å². The number of aromatic nitrogens is 2. The summed E-state index contributed by atoms with van der Waals surface area (Å²) in [7, 11) is 0. The Morgan fingerprint density at radius 3 is 2.85 bits per heavy atom. The van der Waals surface area contributed by atoms with Crippen LogP contribution in [0, 0.1) is 12.8 Å². The van der Waals surface area contributed by atoms with Crippen molar-refractivity contribution in [1.29, 1.82) is 0 Å². The van der Waals surface area contributed by atoms with Crippen LogP contribution in [0.2, 0.25) is 0 Å². The Morgan fingerprint density at radius 2 is 2.25 bits per heavy atom. The number of carboxylic acid groups (broad SMARTS) is 1. The summed E-state index contributed by atoms with van der Waals surface area (Å²) in [6, 6.07) is 5.85. The molecule has 1 aromatic heterocycles. The summed E-state index contributed by atoms with van der Waals surface area (Å²) in [5.41, 5.74) is 1.87. The first kappa shape index (κ1) is 13.2. The van der Waals surface area contributed by atoms with Crippen molar-refractivity contribution in [2.75, 3.05) is 0 Å². The number of nitrogens with zero attached hydrogens (tertiary/aromatic N) is 2. The Bertz CT molecular complexity index is 656. The lowest BCUT2D eigenvalue weighted by Crippen LogP contribution is -2.10. The van der Waals surface area contributed by atoms with Crippen LogP contribution in [0.25, 0.3) is 11.0 Å². The van der Waals surface area contributed by atoms with Gasteiger partial charge in [0, 0.05) is 6.04 Å². The van der Waals surface area contributed by atoms with E-state index in [9.17, 15) is 9.90 Å². The van der Waals surface area contributed by atoms with E-state index in [1.165, 1.54) is 19.3 Å². The van der Waals surface area contributed by atoms with Gasteiger partial charge in [0.1, 0.15) is 11.3 Å². The minimum atomic E-state index is -0.907. The second kappa shape index (κ2) is 4.93. The summed E-state index contributed by atoms with van der Waals surface area (Å²) in [6.45, 7) is 4.17. The lowest BCUT2D eigenvalue weighted by atomic mass is 10.1. The molecular formula is C16H20N2O2. The third kappa shape index (κ3) is 2.19. The lowest BCUT2D eigenvalue weighted by molar-refractivity contribution is 0.0699. The number of hydrogen-bond donors (Lipinski definition) is 1. The Morgan fingerprint density at radius 1 is 1.50 bits per heavy atom. The quantitative estimate of drug-likeness (QED) is 0.900.